The van der Waals surface area contributed by atoms with Crippen LogP contribution in [0, 0.1) is 6.92 Å². The second-order valence-electron chi connectivity index (χ2n) is 5.25. The maximum absolute atomic E-state index is 10.9. The minimum absolute atomic E-state index is 0.0687. The Morgan fingerprint density at radius 1 is 1.43 bits per heavy atom. The Labute approximate surface area is 124 Å². The van der Waals surface area contributed by atoms with Crippen LogP contribution in [-0.4, -0.2) is 27.4 Å². The smallest absolute Gasteiger partial charge is 0.305 e. The molecule has 0 aliphatic heterocycles. The van der Waals surface area contributed by atoms with E-state index in [0.29, 0.717) is 6.54 Å². The first kappa shape index (κ1) is 15.1. The van der Waals surface area contributed by atoms with Crippen molar-refractivity contribution in [3.05, 3.63) is 47.8 Å². The molecular weight excluding hydrogens is 266 g/mol. The van der Waals surface area contributed by atoms with E-state index < -0.39 is 5.97 Å². The number of nitrogens with zero attached hydrogens (tertiary/aromatic N) is 3. The quantitative estimate of drug-likeness (QED) is 0.887. The van der Waals surface area contributed by atoms with Crippen LogP contribution in [0.15, 0.2) is 36.7 Å². The number of carboxylic acids is 1. The number of anilines is 1. The third kappa shape index (κ3) is 3.62. The number of carbonyl (C=O) groups is 1. The molecule has 1 N–H and O–H groups in total. The highest BCUT2D eigenvalue weighted by Crippen LogP contribution is 2.29. The van der Waals surface area contributed by atoms with Gasteiger partial charge in [-0.15, -0.1) is 0 Å². The van der Waals surface area contributed by atoms with Crippen LogP contribution in [0.25, 0.3) is 0 Å². The first-order valence-corrected chi connectivity index (χ1v) is 7.01. The first-order chi connectivity index (χ1) is 9.99. The number of aryl methyl sites for hydroxylation is 2. The maximum Gasteiger partial charge on any atom is 0.305 e. The van der Waals surface area contributed by atoms with E-state index in [2.05, 4.69) is 16.9 Å². The third-order valence-corrected chi connectivity index (χ3v) is 3.67. The number of para-hydroxylation sites is 1. The first-order valence-electron chi connectivity index (χ1n) is 7.01. The number of carboxylic acid groups (broad SMARTS) is 1. The number of rotatable bonds is 6. The van der Waals surface area contributed by atoms with Crippen molar-refractivity contribution in [2.75, 3.05) is 11.4 Å². The van der Waals surface area contributed by atoms with Gasteiger partial charge in [0, 0.05) is 31.0 Å². The average molecular weight is 287 g/mol. The van der Waals surface area contributed by atoms with Gasteiger partial charge in [0.25, 0.3) is 0 Å². The maximum atomic E-state index is 10.9. The zero-order valence-corrected chi connectivity index (χ0v) is 12.7. The summed E-state index contributed by atoms with van der Waals surface area (Å²) in [5.74, 6) is -0.785. The van der Waals surface area contributed by atoms with Crippen molar-refractivity contribution >= 4 is 11.7 Å². The number of hydrogen-bond acceptors (Lipinski definition) is 3. The summed E-state index contributed by atoms with van der Waals surface area (Å²) < 4.78 is 1.76. The third-order valence-electron chi connectivity index (χ3n) is 3.67. The van der Waals surface area contributed by atoms with Crippen LogP contribution < -0.4 is 4.90 Å². The molecule has 0 aliphatic carbocycles. The summed E-state index contributed by atoms with van der Waals surface area (Å²) >= 11 is 0. The van der Waals surface area contributed by atoms with Gasteiger partial charge in [-0.05, 0) is 25.5 Å². The zero-order valence-electron chi connectivity index (χ0n) is 12.7. The Morgan fingerprint density at radius 3 is 2.71 bits per heavy atom. The molecule has 0 amide bonds. The SMILES string of the molecule is Cc1ccccc1N(CCC(=O)O)C(C)c1cnn(C)c1. The monoisotopic (exact) mass is 287 g/mol. The predicted molar refractivity (Wildman–Crippen MR) is 82.4 cm³/mol. The Bertz CT molecular complexity index is 621. The number of hydrogen-bond donors (Lipinski definition) is 1. The summed E-state index contributed by atoms with van der Waals surface area (Å²) in [7, 11) is 1.88. The van der Waals surface area contributed by atoms with Crippen molar-refractivity contribution in [2.24, 2.45) is 7.05 Å². The highest BCUT2D eigenvalue weighted by molar-refractivity contribution is 5.68. The van der Waals surface area contributed by atoms with Crippen molar-refractivity contribution in [1.82, 2.24) is 9.78 Å². The molecule has 1 aromatic carbocycles. The minimum Gasteiger partial charge on any atom is -0.481 e. The van der Waals surface area contributed by atoms with Gasteiger partial charge in [-0.25, -0.2) is 0 Å². The molecule has 1 atom stereocenters. The number of benzene rings is 1. The van der Waals surface area contributed by atoms with E-state index in [0.717, 1.165) is 16.8 Å². The molecule has 1 unspecified atom stereocenters. The van der Waals surface area contributed by atoms with Gasteiger partial charge < -0.3 is 10.0 Å². The second-order valence-corrected chi connectivity index (χ2v) is 5.25. The highest BCUT2D eigenvalue weighted by Gasteiger charge is 2.19. The predicted octanol–water partition coefficient (Wildman–Crippen LogP) is 2.77. The molecule has 21 heavy (non-hydrogen) atoms. The molecule has 0 saturated heterocycles. The lowest BCUT2D eigenvalue weighted by atomic mass is 10.1. The largest absolute Gasteiger partial charge is 0.481 e. The van der Waals surface area contributed by atoms with Gasteiger partial charge in [0.15, 0.2) is 0 Å². The Hall–Kier alpha value is -2.30. The summed E-state index contributed by atoms with van der Waals surface area (Å²) in [6.07, 6.45) is 3.91. The van der Waals surface area contributed by atoms with E-state index in [9.17, 15) is 4.79 Å². The lowest BCUT2D eigenvalue weighted by Gasteiger charge is -2.31. The van der Waals surface area contributed by atoms with Gasteiger partial charge in [-0.1, -0.05) is 18.2 Å². The van der Waals surface area contributed by atoms with Crippen LogP contribution in [0.3, 0.4) is 0 Å². The van der Waals surface area contributed by atoms with Crippen LogP contribution in [0.4, 0.5) is 5.69 Å². The van der Waals surface area contributed by atoms with Gasteiger partial charge in [-0.2, -0.15) is 5.10 Å². The molecule has 0 saturated carbocycles. The van der Waals surface area contributed by atoms with Crippen LogP contribution in [0.1, 0.15) is 30.5 Å². The van der Waals surface area contributed by atoms with Gasteiger partial charge in [0.05, 0.1) is 18.7 Å². The minimum atomic E-state index is -0.785. The van der Waals surface area contributed by atoms with Crippen LogP contribution >= 0.6 is 0 Å². The second kappa shape index (κ2) is 6.43. The van der Waals surface area contributed by atoms with Gasteiger partial charge in [0.2, 0.25) is 0 Å². The molecule has 0 radical (unpaired) electrons. The molecule has 2 rings (SSSR count). The summed E-state index contributed by atoms with van der Waals surface area (Å²) in [5.41, 5.74) is 3.28. The fourth-order valence-corrected chi connectivity index (χ4v) is 2.46. The zero-order chi connectivity index (χ0) is 15.4. The highest BCUT2D eigenvalue weighted by atomic mass is 16.4. The van der Waals surface area contributed by atoms with Gasteiger partial charge >= 0.3 is 5.97 Å². The molecule has 0 spiro atoms. The van der Waals surface area contributed by atoms with E-state index in [1.807, 2.05) is 50.6 Å². The topological polar surface area (TPSA) is 58.4 Å². The molecule has 2 aromatic rings. The lowest BCUT2D eigenvalue weighted by Crippen LogP contribution is -2.29. The normalized spacial score (nSPS) is 12.1. The fraction of sp³-hybridized carbons (Fsp3) is 0.375. The van der Waals surface area contributed by atoms with Gasteiger partial charge in [0.1, 0.15) is 0 Å². The van der Waals surface area contributed by atoms with E-state index in [-0.39, 0.29) is 12.5 Å². The summed E-state index contributed by atoms with van der Waals surface area (Å²) in [6, 6.07) is 8.11. The standard InChI is InChI=1S/C16H21N3O2/c1-12-6-4-5-7-15(12)19(9-8-16(20)21)13(2)14-10-17-18(3)11-14/h4-7,10-11,13H,8-9H2,1-3H3,(H,20,21). The van der Waals surface area contributed by atoms with Crippen molar-refractivity contribution in [1.29, 1.82) is 0 Å². The molecule has 0 aliphatic rings. The van der Waals surface area contributed by atoms with Gasteiger partial charge in [-0.3, -0.25) is 9.48 Å². The molecule has 112 valence electrons. The molecule has 5 nitrogen and oxygen atoms in total. The Balaban J connectivity index is 2.31. The van der Waals surface area contributed by atoms with Crippen LogP contribution in [-0.2, 0) is 11.8 Å². The van der Waals surface area contributed by atoms with Crippen LogP contribution in [0.2, 0.25) is 0 Å². The molecule has 1 heterocycles. The molecule has 0 bridgehead atoms. The fourth-order valence-electron chi connectivity index (χ4n) is 2.46. The number of aliphatic carboxylic acids is 1. The van der Waals surface area contributed by atoms with Crippen molar-refractivity contribution in [3.8, 4) is 0 Å². The molecule has 0 fully saturated rings. The van der Waals surface area contributed by atoms with E-state index in [1.165, 1.54) is 0 Å². The summed E-state index contributed by atoms with van der Waals surface area (Å²) in [4.78, 5) is 13.1. The van der Waals surface area contributed by atoms with Crippen LogP contribution in [0.5, 0.6) is 0 Å². The molecule has 5 heteroatoms. The Kier molecular flexibility index (Phi) is 4.62. The average Bonchev–Trinajstić information content (AvgIpc) is 2.87. The van der Waals surface area contributed by atoms with E-state index in [4.69, 9.17) is 5.11 Å². The summed E-state index contributed by atoms with van der Waals surface area (Å²) in [5, 5.41) is 13.2. The lowest BCUT2D eigenvalue weighted by molar-refractivity contribution is -0.136. The van der Waals surface area contributed by atoms with E-state index in [1.54, 1.807) is 4.68 Å². The summed E-state index contributed by atoms with van der Waals surface area (Å²) in [6.45, 7) is 4.58. The molecular formula is C16H21N3O2. The van der Waals surface area contributed by atoms with Crippen molar-refractivity contribution in [3.63, 3.8) is 0 Å². The van der Waals surface area contributed by atoms with Crippen molar-refractivity contribution < 1.29 is 9.90 Å². The van der Waals surface area contributed by atoms with E-state index >= 15 is 0 Å². The van der Waals surface area contributed by atoms with Crippen molar-refractivity contribution in [2.45, 2.75) is 26.3 Å². The Morgan fingerprint density at radius 2 is 2.14 bits per heavy atom. The number of aromatic nitrogens is 2. The molecule has 1 aromatic heterocycles.